The number of aromatic nitrogens is 1. The highest BCUT2D eigenvalue weighted by Gasteiger charge is 2.28. The van der Waals surface area contributed by atoms with Crippen LogP contribution in [0, 0.1) is 5.92 Å². The number of piperidine rings is 1. The summed E-state index contributed by atoms with van der Waals surface area (Å²) in [5.41, 5.74) is 5.59. The molecular formula is C14H19BrN4O2. The van der Waals surface area contributed by atoms with E-state index in [9.17, 15) is 9.59 Å². The zero-order chi connectivity index (χ0) is 15.4. The maximum Gasteiger partial charge on any atom is 0.239 e. The SMILES string of the molecule is C[C@@H](N)C(=O)N1CCC(C(=O)Nc2ccc(Br)cn2)CC1. The molecule has 1 aliphatic rings. The Kier molecular flexibility index (Phi) is 5.30. The van der Waals surface area contributed by atoms with Crippen molar-refractivity contribution in [2.75, 3.05) is 18.4 Å². The van der Waals surface area contributed by atoms with Gasteiger partial charge in [0.1, 0.15) is 5.82 Å². The van der Waals surface area contributed by atoms with E-state index in [1.807, 2.05) is 6.07 Å². The lowest BCUT2D eigenvalue weighted by Gasteiger charge is -2.32. The van der Waals surface area contributed by atoms with Crippen LogP contribution in [0.4, 0.5) is 5.82 Å². The largest absolute Gasteiger partial charge is 0.341 e. The molecular weight excluding hydrogens is 336 g/mol. The van der Waals surface area contributed by atoms with Crippen molar-refractivity contribution >= 4 is 33.6 Å². The number of nitrogens with zero attached hydrogens (tertiary/aromatic N) is 2. The minimum absolute atomic E-state index is 0.0438. The highest BCUT2D eigenvalue weighted by molar-refractivity contribution is 9.10. The van der Waals surface area contributed by atoms with Crippen LogP contribution in [0.15, 0.2) is 22.8 Å². The average Bonchev–Trinajstić information content (AvgIpc) is 2.49. The van der Waals surface area contributed by atoms with Gasteiger partial charge in [0, 0.05) is 29.7 Å². The molecule has 1 fully saturated rings. The fourth-order valence-corrected chi connectivity index (χ4v) is 2.56. The number of rotatable bonds is 3. The lowest BCUT2D eigenvalue weighted by atomic mass is 9.95. The van der Waals surface area contributed by atoms with Crippen molar-refractivity contribution in [1.82, 2.24) is 9.88 Å². The minimum atomic E-state index is -0.484. The molecule has 1 aromatic heterocycles. The van der Waals surface area contributed by atoms with Crippen molar-refractivity contribution < 1.29 is 9.59 Å². The van der Waals surface area contributed by atoms with E-state index < -0.39 is 6.04 Å². The number of likely N-dealkylation sites (tertiary alicyclic amines) is 1. The van der Waals surface area contributed by atoms with Gasteiger partial charge >= 0.3 is 0 Å². The molecule has 6 nitrogen and oxygen atoms in total. The molecule has 1 saturated heterocycles. The summed E-state index contributed by atoms with van der Waals surface area (Å²) >= 11 is 3.30. The van der Waals surface area contributed by atoms with Crippen LogP contribution >= 0.6 is 15.9 Å². The molecule has 0 aromatic carbocycles. The first-order valence-corrected chi connectivity index (χ1v) is 7.73. The second-order valence-electron chi connectivity index (χ2n) is 5.24. The molecule has 0 aliphatic carbocycles. The Bertz CT molecular complexity index is 510. The average molecular weight is 355 g/mol. The number of hydrogen-bond acceptors (Lipinski definition) is 4. The third-order valence-electron chi connectivity index (χ3n) is 3.55. The zero-order valence-corrected chi connectivity index (χ0v) is 13.5. The highest BCUT2D eigenvalue weighted by Crippen LogP contribution is 2.20. The van der Waals surface area contributed by atoms with E-state index >= 15 is 0 Å². The molecule has 7 heteroatoms. The number of carbonyl (C=O) groups is 2. The fourth-order valence-electron chi connectivity index (χ4n) is 2.33. The van der Waals surface area contributed by atoms with Crippen molar-refractivity contribution in [3.8, 4) is 0 Å². The highest BCUT2D eigenvalue weighted by atomic mass is 79.9. The summed E-state index contributed by atoms with van der Waals surface area (Å²) in [5.74, 6) is 0.353. The fraction of sp³-hybridized carbons (Fsp3) is 0.500. The Balaban J connectivity index is 1.86. The minimum Gasteiger partial charge on any atom is -0.341 e. The van der Waals surface area contributed by atoms with Crippen LogP contribution in [0.5, 0.6) is 0 Å². The first-order chi connectivity index (χ1) is 9.97. The maximum absolute atomic E-state index is 12.2. The molecule has 2 rings (SSSR count). The summed E-state index contributed by atoms with van der Waals surface area (Å²) in [6.45, 7) is 2.83. The molecule has 0 spiro atoms. The smallest absolute Gasteiger partial charge is 0.239 e. The van der Waals surface area contributed by atoms with Gasteiger partial charge in [-0.15, -0.1) is 0 Å². The van der Waals surface area contributed by atoms with Crippen LogP contribution in [0.25, 0.3) is 0 Å². The van der Waals surface area contributed by atoms with E-state index in [2.05, 4.69) is 26.2 Å². The summed E-state index contributed by atoms with van der Waals surface area (Å²) in [6, 6.07) is 3.09. The standard InChI is InChI=1S/C14H19BrN4O2/c1-9(16)14(21)19-6-4-10(5-7-19)13(20)18-12-3-2-11(15)8-17-12/h2-3,8-10H,4-7,16H2,1H3,(H,17,18,20)/t9-/m1/s1. The molecule has 3 N–H and O–H groups in total. The summed E-state index contributed by atoms with van der Waals surface area (Å²) in [6.07, 6.45) is 2.95. The second kappa shape index (κ2) is 7.00. The first-order valence-electron chi connectivity index (χ1n) is 6.94. The third kappa shape index (κ3) is 4.25. The van der Waals surface area contributed by atoms with Gasteiger partial charge in [0.2, 0.25) is 11.8 Å². The van der Waals surface area contributed by atoms with E-state index in [1.165, 1.54) is 0 Å². The molecule has 0 unspecified atom stereocenters. The van der Waals surface area contributed by atoms with Crippen molar-refractivity contribution in [2.24, 2.45) is 11.7 Å². The molecule has 2 heterocycles. The van der Waals surface area contributed by atoms with Crippen molar-refractivity contribution in [3.05, 3.63) is 22.8 Å². The summed E-state index contributed by atoms with van der Waals surface area (Å²) in [7, 11) is 0. The molecule has 2 amide bonds. The van der Waals surface area contributed by atoms with Crippen LogP contribution in [-0.4, -0.2) is 40.8 Å². The molecule has 21 heavy (non-hydrogen) atoms. The van der Waals surface area contributed by atoms with E-state index in [0.29, 0.717) is 31.7 Å². The van der Waals surface area contributed by atoms with Gasteiger partial charge in [0.25, 0.3) is 0 Å². The molecule has 0 saturated carbocycles. The summed E-state index contributed by atoms with van der Waals surface area (Å²) in [5, 5.41) is 2.81. The van der Waals surface area contributed by atoms with Gasteiger partial charge in [-0.05, 0) is 47.8 Å². The van der Waals surface area contributed by atoms with E-state index in [-0.39, 0.29) is 17.7 Å². The molecule has 0 radical (unpaired) electrons. The Labute approximate surface area is 132 Å². The zero-order valence-electron chi connectivity index (χ0n) is 11.9. The monoisotopic (exact) mass is 354 g/mol. The van der Waals surface area contributed by atoms with E-state index in [0.717, 1.165) is 4.47 Å². The number of nitrogens with one attached hydrogen (secondary N) is 1. The van der Waals surface area contributed by atoms with Crippen molar-refractivity contribution in [1.29, 1.82) is 0 Å². The molecule has 114 valence electrons. The Morgan fingerprint density at radius 2 is 2.10 bits per heavy atom. The van der Waals surface area contributed by atoms with Crippen molar-refractivity contribution in [3.63, 3.8) is 0 Å². The van der Waals surface area contributed by atoms with Gasteiger partial charge in [-0.2, -0.15) is 0 Å². The lowest BCUT2D eigenvalue weighted by molar-refractivity contribution is -0.135. The van der Waals surface area contributed by atoms with E-state index in [1.54, 1.807) is 24.1 Å². The Morgan fingerprint density at radius 1 is 1.43 bits per heavy atom. The first kappa shape index (κ1) is 15.9. The summed E-state index contributed by atoms with van der Waals surface area (Å²) in [4.78, 5) is 29.8. The van der Waals surface area contributed by atoms with Crippen LogP contribution in [0.1, 0.15) is 19.8 Å². The second-order valence-corrected chi connectivity index (χ2v) is 6.15. The third-order valence-corrected chi connectivity index (χ3v) is 4.01. The van der Waals surface area contributed by atoms with E-state index in [4.69, 9.17) is 5.73 Å². The van der Waals surface area contributed by atoms with Gasteiger partial charge < -0.3 is 16.0 Å². The number of amides is 2. The quantitative estimate of drug-likeness (QED) is 0.857. The van der Waals surface area contributed by atoms with Gasteiger partial charge in [0.15, 0.2) is 0 Å². The molecule has 1 aliphatic heterocycles. The number of nitrogens with two attached hydrogens (primary N) is 1. The van der Waals surface area contributed by atoms with Gasteiger partial charge in [-0.25, -0.2) is 4.98 Å². The predicted octanol–water partition coefficient (Wildman–Crippen LogP) is 1.37. The Hall–Kier alpha value is -1.47. The number of pyridine rings is 1. The maximum atomic E-state index is 12.2. The van der Waals surface area contributed by atoms with Gasteiger partial charge in [0.05, 0.1) is 6.04 Å². The predicted molar refractivity (Wildman–Crippen MR) is 83.5 cm³/mol. The Morgan fingerprint density at radius 3 is 2.62 bits per heavy atom. The number of halogens is 1. The van der Waals surface area contributed by atoms with Crippen LogP contribution < -0.4 is 11.1 Å². The van der Waals surface area contributed by atoms with Gasteiger partial charge in [-0.1, -0.05) is 0 Å². The van der Waals surface area contributed by atoms with Crippen molar-refractivity contribution in [2.45, 2.75) is 25.8 Å². The summed E-state index contributed by atoms with van der Waals surface area (Å²) < 4.78 is 0.864. The lowest BCUT2D eigenvalue weighted by Crippen LogP contribution is -2.47. The number of anilines is 1. The van der Waals surface area contributed by atoms with Crippen LogP contribution in [0.2, 0.25) is 0 Å². The molecule has 0 bridgehead atoms. The normalized spacial score (nSPS) is 17.4. The number of hydrogen-bond donors (Lipinski definition) is 2. The topological polar surface area (TPSA) is 88.3 Å². The molecule has 1 aromatic rings. The van der Waals surface area contributed by atoms with Gasteiger partial charge in [-0.3, -0.25) is 9.59 Å². The van der Waals surface area contributed by atoms with Crippen LogP contribution in [-0.2, 0) is 9.59 Å². The number of carbonyl (C=O) groups excluding carboxylic acids is 2. The molecule has 1 atom stereocenters. The van der Waals surface area contributed by atoms with Crippen LogP contribution in [0.3, 0.4) is 0 Å².